The van der Waals surface area contributed by atoms with Crippen molar-refractivity contribution < 1.29 is 0 Å². The van der Waals surface area contributed by atoms with Crippen molar-refractivity contribution in [1.29, 1.82) is 0 Å². The van der Waals surface area contributed by atoms with Gasteiger partial charge in [-0.25, -0.2) is 0 Å². The summed E-state index contributed by atoms with van der Waals surface area (Å²) in [5, 5.41) is 9.65. The number of hydrogen-bond acceptors (Lipinski definition) is 3. The number of benzene rings is 3. The minimum Gasteiger partial charge on any atom is -0.368 e. The van der Waals surface area contributed by atoms with E-state index < -0.39 is 0 Å². The van der Waals surface area contributed by atoms with Gasteiger partial charge < -0.3 is 4.90 Å². The predicted octanol–water partition coefficient (Wildman–Crippen LogP) is 4.39. The van der Waals surface area contributed by atoms with E-state index in [2.05, 4.69) is 89.6 Å². The Morgan fingerprint density at radius 1 is 0.760 bits per heavy atom. The molecule has 0 aromatic heterocycles. The molecule has 0 aliphatic carbocycles. The van der Waals surface area contributed by atoms with Crippen LogP contribution in [-0.2, 0) is 0 Å². The first-order valence-corrected chi connectivity index (χ1v) is 8.89. The zero-order chi connectivity index (χ0) is 17.1. The smallest absolute Gasteiger partial charge is 0.0652 e. The lowest BCUT2D eigenvalue weighted by molar-refractivity contribution is 0.270. The molecule has 3 heteroatoms. The van der Waals surface area contributed by atoms with E-state index in [4.69, 9.17) is 5.10 Å². The van der Waals surface area contributed by atoms with Gasteiger partial charge in [0.15, 0.2) is 0 Å². The van der Waals surface area contributed by atoms with Gasteiger partial charge in [0.05, 0.1) is 18.8 Å². The third kappa shape index (κ3) is 3.36. The quantitative estimate of drug-likeness (QED) is 0.664. The second-order valence-corrected chi connectivity index (χ2v) is 6.49. The Labute approximate surface area is 149 Å². The normalized spacial score (nSPS) is 15.6. The highest BCUT2D eigenvalue weighted by Crippen LogP contribution is 2.20. The molecule has 1 saturated heterocycles. The molecule has 0 radical (unpaired) electrons. The van der Waals surface area contributed by atoms with E-state index in [-0.39, 0.29) is 0 Å². The van der Waals surface area contributed by atoms with Gasteiger partial charge in [0.1, 0.15) is 0 Å². The van der Waals surface area contributed by atoms with Gasteiger partial charge in [-0.2, -0.15) is 5.10 Å². The Bertz CT molecular complexity index is 873. The summed E-state index contributed by atoms with van der Waals surface area (Å²) in [6.45, 7) is 6.05. The maximum absolute atomic E-state index is 4.91. The largest absolute Gasteiger partial charge is 0.368 e. The molecule has 3 aromatic rings. The first kappa shape index (κ1) is 15.7. The number of para-hydroxylation sites is 1. The van der Waals surface area contributed by atoms with Crippen molar-refractivity contribution in [1.82, 2.24) is 5.01 Å². The summed E-state index contributed by atoms with van der Waals surface area (Å²) in [4.78, 5) is 2.43. The van der Waals surface area contributed by atoms with Crippen LogP contribution in [-0.4, -0.2) is 36.9 Å². The van der Waals surface area contributed by atoms with E-state index in [9.17, 15) is 0 Å². The fourth-order valence-electron chi connectivity index (χ4n) is 3.50. The summed E-state index contributed by atoms with van der Waals surface area (Å²) >= 11 is 0. The van der Waals surface area contributed by atoms with Crippen molar-refractivity contribution in [3.05, 3.63) is 78.4 Å². The molecule has 0 N–H and O–H groups in total. The topological polar surface area (TPSA) is 18.8 Å². The van der Waals surface area contributed by atoms with Crippen LogP contribution in [0.5, 0.6) is 0 Å². The van der Waals surface area contributed by atoms with Crippen LogP contribution in [0.3, 0.4) is 0 Å². The van der Waals surface area contributed by atoms with Crippen molar-refractivity contribution in [2.75, 3.05) is 31.1 Å². The number of piperazine rings is 1. The van der Waals surface area contributed by atoms with Crippen molar-refractivity contribution in [2.45, 2.75) is 6.92 Å². The molecule has 126 valence electrons. The van der Waals surface area contributed by atoms with Gasteiger partial charge in [0, 0.05) is 24.3 Å². The number of fused-ring (bicyclic) bond motifs is 1. The molecule has 0 atom stereocenters. The maximum Gasteiger partial charge on any atom is 0.0652 e. The van der Waals surface area contributed by atoms with Gasteiger partial charge in [-0.05, 0) is 29.8 Å². The standard InChI is InChI=1S/C22H23N3/c1-18(21-13-7-9-19-8-5-6-12-22(19)21)23-25-16-14-24(15-17-25)20-10-3-2-4-11-20/h2-13H,14-17H2,1H3. The van der Waals surface area contributed by atoms with Crippen LogP contribution in [0.25, 0.3) is 10.8 Å². The highest BCUT2D eigenvalue weighted by Gasteiger charge is 2.16. The molecule has 1 aliphatic rings. The second-order valence-electron chi connectivity index (χ2n) is 6.49. The molecule has 3 nitrogen and oxygen atoms in total. The molecule has 0 unspecified atom stereocenters. The number of nitrogens with zero attached hydrogens (tertiary/aromatic N) is 3. The summed E-state index contributed by atoms with van der Waals surface area (Å²) in [7, 11) is 0. The van der Waals surface area contributed by atoms with Gasteiger partial charge in [-0.3, -0.25) is 5.01 Å². The molecule has 0 saturated carbocycles. The molecule has 1 fully saturated rings. The van der Waals surface area contributed by atoms with Gasteiger partial charge in [-0.15, -0.1) is 0 Å². The number of hydrogen-bond donors (Lipinski definition) is 0. The van der Waals surface area contributed by atoms with Gasteiger partial charge >= 0.3 is 0 Å². The summed E-state index contributed by atoms with van der Waals surface area (Å²) in [6.07, 6.45) is 0. The molecular formula is C22H23N3. The summed E-state index contributed by atoms with van der Waals surface area (Å²) in [5.41, 5.74) is 3.62. The van der Waals surface area contributed by atoms with E-state index >= 15 is 0 Å². The van der Waals surface area contributed by atoms with E-state index in [1.54, 1.807) is 0 Å². The molecule has 1 aliphatic heterocycles. The van der Waals surface area contributed by atoms with Crippen LogP contribution in [0.2, 0.25) is 0 Å². The molecule has 0 spiro atoms. The molecule has 25 heavy (non-hydrogen) atoms. The van der Waals surface area contributed by atoms with Gasteiger partial charge in [0.2, 0.25) is 0 Å². The lowest BCUT2D eigenvalue weighted by Crippen LogP contribution is -2.44. The number of hydrazone groups is 1. The van der Waals surface area contributed by atoms with Crippen LogP contribution < -0.4 is 4.90 Å². The summed E-state index contributed by atoms with van der Waals surface area (Å²) in [6, 6.07) is 25.6. The molecule has 3 aromatic carbocycles. The van der Waals surface area contributed by atoms with Gasteiger partial charge in [-0.1, -0.05) is 60.7 Å². The van der Waals surface area contributed by atoms with Crippen LogP contribution in [0.15, 0.2) is 77.9 Å². The Kier molecular flexibility index (Phi) is 4.38. The number of anilines is 1. The Morgan fingerprint density at radius 2 is 1.44 bits per heavy atom. The maximum atomic E-state index is 4.91. The van der Waals surface area contributed by atoms with Crippen LogP contribution in [0.1, 0.15) is 12.5 Å². The predicted molar refractivity (Wildman–Crippen MR) is 106 cm³/mol. The zero-order valence-corrected chi connectivity index (χ0v) is 14.6. The lowest BCUT2D eigenvalue weighted by Gasteiger charge is -2.35. The van der Waals surface area contributed by atoms with Crippen LogP contribution in [0, 0.1) is 0 Å². The Morgan fingerprint density at radius 3 is 2.24 bits per heavy atom. The Balaban J connectivity index is 1.50. The van der Waals surface area contributed by atoms with Gasteiger partial charge in [0.25, 0.3) is 0 Å². The van der Waals surface area contributed by atoms with Crippen molar-refractivity contribution in [2.24, 2.45) is 5.10 Å². The first-order valence-electron chi connectivity index (χ1n) is 8.89. The van der Waals surface area contributed by atoms with Crippen LogP contribution >= 0.6 is 0 Å². The fraction of sp³-hybridized carbons (Fsp3) is 0.227. The molecular weight excluding hydrogens is 306 g/mol. The lowest BCUT2D eigenvalue weighted by atomic mass is 10.0. The minimum absolute atomic E-state index is 0.955. The van der Waals surface area contributed by atoms with E-state index in [0.717, 1.165) is 31.9 Å². The van der Waals surface area contributed by atoms with Crippen LogP contribution in [0.4, 0.5) is 5.69 Å². The monoisotopic (exact) mass is 329 g/mol. The molecule has 1 heterocycles. The molecule has 4 rings (SSSR count). The van der Waals surface area contributed by atoms with Crippen molar-refractivity contribution in [3.8, 4) is 0 Å². The zero-order valence-electron chi connectivity index (χ0n) is 14.6. The number of rotatable bonds is 3. The highest BCUT2D eigenvalue weighted by atomic mass is 15.5. The summed E-state index contributed by atoms with van der Waals surface area (Å²) < 4.78 is 0. The van der Waals surface area contributed by atoms with E-state index in [1.165, 1.54) is 22.0 Å². The minimum atomic E-state index is 0.955. The first-order chi connectivity index (χ1) is 12.3. The SMILES string of the molecule is CC(=NN1CCN(c2ccccc2)CC1)c1cccc2ccccc12. The molecule has 0 bridgehead atoms. The summed E-state index contributed by atoms with van der Waals surface area (Å²) in [5.74, 6) is 0. The fourth-order valence-corrected chi connectivity index (χ4v) is 3.50. The van der Waals surface area contributed by atoms with E-state index in [0.29, 0.717) is 0 Å². The third-order valence-corrected chi connectivity index (χ3v) is 4.85. The van der Waals surface area contributed by atoms with E-state index in [1.807, 2.05) is 0 Å². The second kappa shape index (κ2) is 6.98. The molecule has 0 amide bonds. The average Bonchev–Trinajstić information content (AvgIpc) is 2.69. The van der Waals surface area contributed by atoms with Crippen molar-refractivity contribution >= 4 is 22.2 Å². The average molecular weight is 329 g/mol. The van der Waals surface area contributed by atoms with Crippen molar-refractivity contribution in [3.63, 3.8) is 0 Å². The Hall–Kier alpha value is -2.81. The highest BCUT2D eigenvalue weighted by molar-refractivity contribution is 6.09. The third-order valence-electron chi connectivity index (χ3n) is 4.85.